The van der Waals surface area contributed by atoms with Gasteiger partial charge in [-0.25, -0.2) is 4.79 Å². The molecule has 0 radical (unpaired) electrons. The van der Waals surface area contributed by atoms with Gasteiger partial charge in [-0.05, 0) is 61.7 Å². The standard InChI is InChI=1S/C17H24N2O2S/c1-4-21-16(20)14-5-7-15(8-6-14)18-17(22)19-10-12(2)9-13(3)11-19/h5-8,12-13H,4,9-11H2,1-3H3,(H,18,22). The molecule has 1 aromatic rings. The Bertz CT molecular complexity index is 520. The summed E-state index contributed by atoms with van der Waals surface area (Å²) in [4.78, 5) is 13.9. The average molecular weight is 320 g/mol. The van der Waals surface area contributed by atoms with Crippen molar-refractivity contribution >= 4 is 29.0 Å². The molecule has 0 saturated carbocycles. The zero-order valence-corrected chi connectivity index (χ0v) is 14.3. The molecule has 1 heterocycles. The molecule has 22 heavy (non-hydrogen) atoms. The molecule has 2 unspecified atom stereocenters. The van der Waals surface area contributed by atoms with Crippen LogP contribution in [0.2, 0.25) is 0 Å². The number of nitrogens with one attached hydrogen (secondary N) is 1. The van der Waals surface area contributed by atoms with Crippen LogP contribution in [0.25, 0.3) is 0 Å². The van der Waals surface area contributed by atoms with Crippen LogP contribution in [0.4, 0.5) is 5.69 Å². The van der Waals surface area contributed by atoms with E-state index in [1.807, 2.05) is 12.1 Å². The average Bonchev–Trinajstić information content (AvgIpc) is 2.47. The summed E-state index contributed by atoms with van der Waals surface area (Å²) in [5.41, 5.74) is 1.45. The van der Waals surface area contributed by atoms with E-state index in [1.54, 1.807) is 19.1 Å². The van der Waals surface area contributed by atoms with E-state index >= 15 is 0 Å². The van der Waals surface area contributed by atoms with E-state index in [1.165, 1.54) is 6.42 Å². The van der Waals surface area contributed by atoms with Crippen LogP contribution in [0.3, 0.4) is 0 Å². The number of hydrogen-bond donors (Lipinski definition) is 1. The van der Waals surface area contributed by atoms with Gasteiger partial charge in [0.1, 0.15) is 0 Å². The highest BCUT2D eigenvalue weighted by Crippen LogP contribution is 2.22. The summed E-state index contributed by atoms with van der Waals surface area (Å²) < 4.78 is 4.97. The van der Waals surface area contributed by atoms with Crippen molar-refractivity contribution in [3.63, 3.8) is 0 Å². The number of thiocarbonyl (C=S) groups is 1. The molecule has 1 aromatic carbocycles. The first-order valence-corrected chi connectivity index (χ1v) is 8.23. The zero-order chi connectivity index (χ0) is 16.1. The Morgan fingerprint density at radius 3 is 2.41 bits per heavy atom. The molecular formula is C17H24N2O2S. The molecule has 0 aromatic heterocycles. The van der Waals surface area contributed by atoms with Gasteiger partial charge in [-0.2, -0.15) is 0 Å². The van der Waals surface area contributed by atoms with E-state index in [9.17, 15) is 4.79 Å². The lowest BCUT2D eigenvalue weighted by molar-refractivity contribution is 0.0526. The maximum absolute atomic E-state index is 11.6. The molecule has 5 heteroatoms. The minimum absolute atomic E-state index is 0.296. The normalized spacial score (nSPS) is 21.3. The van der Waals surface area contributed by atoms with E-state index in [2.05, 4.69) is 24.1 Å². The van der Waals surface area contributed by atoms with Crippen molar-refractivity contribution < 1.29 is 9.53 Å². The number of likely N-dealkylation sites (tertiary alicyclic amines) is 1. The quantitative estimate of drug-likeness (QED) is 0.681. The highest BCUT2D eigenvalue weighted by Gasteiger charge is 2.23. The number of ether oxygens (including phenoxy) is 1. The summed E-state index contributed by atoms with van der Waals surface area (Å²) in [5, 5.41) is 4.01. The van der Waals surface area contributed by atoms with Crippen molar-refractivity contribution in [3.8, 4) is 0 Å². The number of rotatable bonds is 3. The fraction of sp³-hybridized carbons (Fsp3) is 0.529. The first-order valence-electron chi connectivity index (χ1n) is 7.82. The second-order valence-corrected chi connectivity index (χ2v) is 6.47. The molecule has 4 nitrogen and oxygen atoms in total. The lowest BCUT2D eigenvalue weighted by Gasteiger charge is -2.36. The Morgan fingerprint density at radius 2 is 1.86 bits per heavy atom. The summed E-state index contributed by atoms with van der Waals surface area (Å²) in [7, 11) is 0. The van der Waals surface area contributed by atoms with Gasteiger partial charge >= 0.3 is 5.97 Å². The molecule has 2 atom stereocenters. The molecule has 2 rings (SSSR count). The van der Waals surface area contributed by atoms with E-state index in [-0.39, 0.29) is 5.97 Å². The van der Waals surface area contributed by atoms with E-state index in [0.29, 0.717) is 24.0 Å². The Labute approximate surface area is 137 Å². The van der Waals surface area contributed by atoms with Gasteiger partial charge < -0.3 is 15.0 Å². The Hall–Kier alpha value is -1.62. The zero-order valence-electron chi connectivity index (χ0n) is 13.5. The SMILES string of the molecule is CCOC(=O)c1ccc(NC(=S)N2CC(C)CC(C)C2)cc1. The number of anilines is 1. The van der Waals surface area contributed by atoms with Crippen LogP contribution >= 0.6 is 12.2 Å². The highest BCUT2D eigenvalue weighted by molar-refractivity contribution is 7.80. The van der Waals surface area contributed by atoms with Gasteiger partial charge in [0.05, 0.1) is 12.2 Å². The van der Waals surface area contributed by atoms with Crippen molar-refractivity contribution in [3.05, 3.63) is 29.8 Å². The smallest absolute Gasteiger partial charge is 0.338 e. The summed E-state index contributed by atoms with van der Waals surface area (Å²) in [5.74, 6) is 1.03. The predicted octanol–water partition coefficient (Wildman–Crippen LogP) is 3.54. The summed E-state index contributed by atoms with van der Waals surface area (Å²) >= 11 is 5.51. The number of nitrogens with zero attached hydrogens (tertiary/aromatic N) is 1. The second-order valence-electron chi connectivity index (χ2n) is 6.08. The lowest BCUT2D eigenvalue weighted by Crippen LogP contribution is -2.44. The van der Waals surface area contributed by atoms with Crippen molar-refractivity contribution in [2.75, 3.05) is 25.0 Å². The molecule has 0 aliphatic carbocycles. The van der Waals surface area contributed by atoms with E-state index in [0.717, 1.165) is 23.9 Å². The summed E-state index contributed by atoms with van der Waals surface area (Å²) in [6, 6.07) is 7.22. The maximum atomic E-state index is 11.6. The summed E-state index contributed by atoms with van der Waals surface area (Å²) in [6.07, 6.45) is 1.26. The topological polar surface area (TPSA) is 41.6 Å². The predicted molar refractivity (Wildman–Crippen MR) is 93.1 cm³/mol. The molecule has 0 amide bonds. The maximum Gasteiger partial charge on any atom is 0.338 e. The van der Waals surface area contributed by atoms with Gasteiger partial charge in [0.2, 0.25) is 0 Å². The van der Waals surface area contributed by atoms with Crippen molar-refractivity contribution in [1.29, 1.82) is 0 Å². The third-order valence-electron chi connectivity index (χ3n) is 3.80. The molecular weight excluding hydrogens is 296 g/mol. The van der Waals surface area contributed by atoms with Crippen LogP contribution in [0.5, 0.6) is 0 Å². The second kappa shape index (κ2) is 7.58. The Morgan fingerprint density at radius 1 is 1.27 bits per heavy atom. The van der Waals surface area contributed by atoms with Crippen molar-refractivity contribution in [2.24, 2.45) is 11.8 Å². The fourth-order valence-electron chi connectivity index (χ4n) is 2.94. The number of hydrogen-bond acceptors (Lipinski definition) is 3. The largest absolute Gasteiger partial charge is 0.462 e. The van der Waals surface area contributed by atoms with Gasteiger partial charge in [-0.1, -0.05) is 13.8 Å². The molecule has 1 N–H and O–H groups in total. The van der Waals surface area contributed by atoms with Gasteiger partial charge in [0.25, 0.3) is 0 Å². The third kappa shape index (κ3) is 4.44. The van der Waals surface area contributed by atoms with Gasteiger partial charge in [-0.3, -0.25) is 0 Å². The Balaban J connectivity index is 1.95. The fourth-order valence-corrected chi connectivity index (χ4v) is 3.20. The van der Waals surface area contributed by atoms with Gasteiger partial charge in [0, 0.05) is 18.8 Å². The number of piperidine rings is 1. The van der Waals surface area contributed by atoms with Crippen LogP contribution in [0.15, 0.2) is 24.3 Å². The van der Waals surface area contributed by atoms with Gasteiger partial charge in [0.15, 0.2) is 5.11 Å². The van der Waals surface area contributed by atoms with Crippen molar-refractivity contribution in [1.82, 2.24) is 4.90 Å². The minimum Gasteiger partial charge on any atom is -0.462 e. The van der Waals surface area contributed by atoms with Crippen LogP contribution in [0.1, 0.15) is 37.6 Å². The lowest BCUT2D eigenvalue weighted by atomic mass is 9.92. The Kier molecular flexibility index (Phi) is 5.77. The first-order chi connectivity index (χ1) is 10.5. The first kappa shape index (κ1) is 16.7. The molecule has 0 spiro atoms. The highest BCUT2D eigenvalue weighted by atomic mass is 32.1. The molecule has 120 valence electrons. The molecule has 1 aliphatic heterocycles. The van der Waals surface area contributed by atoms with Crippen LogP contribution < -0.4 is 5.32 Å². The van der Waals surface area contributed by atoms with Crippen LogP contribution in [-0.4, -0.2) is 35.7 Å². The number of esters is 1. The van der Waals surface area contributed by atoms with E-state index in [4.69, 9.17) is 17.0 Å². The summed E-state index contributed by atoms with van der Waals surface area (Å²) in [6.45, 7) is 8.70. The molecule has 1 fully saturated rings. The van der Waals surface area contributed by atoms with Crippen LogP contribution in [0, 0.1) is 11.8 Å². The number of carbonyl (C=O) groups excluding carboxylic acids is 1. The van der Waals surface area contributed by atoms with Crippen LogP contribution in [-0.2, 0) is 4.74 Å². The molecule has 1 saturated heterocycles. The monoisotopic (exact) mass is 320 g/mol. The molecule has 1 aliphatic rings. The van der Waals surface area contributed by atoms with Crippen molar-refractivity contribution in [2.45, 2.75) is 27.2 Å². The number of carbonyl (C=O) groups is 1. The molecule has 0 bridgehead atoms. The van der Waals surface area contributed by atoms with E-state index < -0.39 is 0 Å². The minimum atomic E-state index is -0.296. The van der Waals surface area contributed by atoms with Gasteiger partial charge in [-0.15, -0.1) is 0 Å². The third-order valence-corrected chi connectivity index (χ3v) is 4.16. The number of benzene rings is 1.